The van der Waals surface area contributed by atoms with Gasteiger partial charge in [-0.3, -0.25) is 4.90 Å². The van der Waals surface area contributed by atoms with Gasteiger partial charge in [-0.1, -0.05) is 13.3 Å². The quantitative estimate of drug-likeness (QED) is 0.834. The molecule has 2 aliphatic heterocycles. The number of aryl methyl sites for hydroxylation is 1. The zero-order valence-corrected chi connectivity index (χ0v) is 13.4. The number of nitrogens with zero attached hydrogens (tertiary/aromatic N) is 4. The second-order valence-electron chi connectivity index (χ2n) is 6.52. The van der Waals surface area contributed by atoms with Crippen LogP contribution in [-0.2, 0) is 19.5 Å². The highest BCUT2D eigenvalue weighted by atomic mass is 15.3. The first-order chi connectivity index (χ1) is 10.4. The Morgan fingerprint density at radius 3 is 3.05 bits per heavy atom. The van der Waals surface area contributed by atoms with Crippen molar-refractivity contribution in [3.8, 4) is 0 Å². The third kappa shape index (κ3) is 3.83. The SMILES string of the molecule is CCCCN(Cc1nnc2n1CCCC2)CC1CCCN1. The molecule has 0 saturated carbocycles. The summed E-state index contributed by atoms with van der Waals surface area (Å²) < 4.78 is 2.37. The average molecular weight is 291 g/mol. The molecule has 2 aliphatic rings. The molecule has 0 radical (unpaired) electrons. The van der Waals surface area contributed by atoms with Gasteiger partial charge in [-0.15, -0.1) is 10.2 Å². The van der Waals surface area contributed by atoms with Gasteiger partial charge in [0, 0.05) is 25.6 Å². The summed E-state index contributed by atoms with van der Waals surface area (Å²) in [7, 11) is 0. The van der Waals surface area contributed by atoms with E-state index in [0.717, 1.165) is 26.1 Å². The highest BCUT2D eigenvalue weighted by molar-refractivity contribution is 4.99. The zero-order chi connectivity index (χ0) is 14.5. The van der Waals surface area contributed by atoms with Crippen LogP contribution in [0.15, 0.2) is 0 Å². The van der Waals surface area contributed by atoms with Crippen LogP contribution in [-0.4, -0.2) is 45.3 Å². The maximum absolute atomic E-state index is 4.47. The molecule has 0 bridgehead atoms. The van der Waals surface area contributed by atoms with Crippen molar-refractivity contribution in [1.29, 1.82) is 0 Å². The van der Waals surface area contributed by atoms with E-state index in [2.05, 4.69) is 31.9 Å². The van der Waals surface area contributed by atoms with Gasteiger partial charge in [-0.25, -0.2) is 0 Å². The molecule has 1 aromatic heterocycles. The topological polar surface area (TPSA) is 46.0 Å². The van der Waals surface area contributed by atoms with Gasteiger partial charge in [0.2, 0.25) is 0 Å². The monoisotopic (exact) mass is 291 g/mol. The summed E-state index contributed by atoms with van der Waals surface area (Å²) in [5.74, 6) is 2.38. The minimum Gasteiger partial charge on any atom is -0.314 e. The molecule has 0 aromatic carbocycles. The van der Waals surface area contributed by atoms with Crippen molar-refractivity contribution in [1.82, 2.24) is 25.0 Å². The predicted octanol–water partition coefficient (Wildman–Crippen LogP) is 1.97. The molecule has 0 aliphatic carbocycles. The number of nitrogens with one attached hydrogen (secondary N) is 1. The smallest absolute Gasteiger partial charge is 0.147 e. The van der Waals surface area contributed by atoms with Gasteiger partial charge in [0.15, 0.2) is 0 Å². The van der Waals surface area contributed by atoms with Crippen LogP contribution in [0.3, 0.4) is 0 Å². The van der Waals surface area contributed by atoms with E-state index in [-0.39, 0.29) is 0 Å². The fraction of sp³-hybridized carbons (Fsp3) is 0.875. The molecule has 21 heavy (non-hydrogen) atoms. The molecule has 5 nitrogen and oxygen atoms in total. The highest BCUT2D eigenvalue weighted by Crippen LogP contribution is 2.16. The molecule has 118 valence electrons. The Balaban J connectivity index is 1.63. The Morgan fingerprint density at radius 2 is 2.24 bits per heavy atom. The first-order valence-corrected chi connectivity index (χ1v) is 8.73. The Hall–Kier alpha value is -0.940. The number of aromatic nitrogens is 3. The molecular formula is C16H29N5. The summed E-state index contributed by atoms with van der Waals surface area (Å²) in [6.45, 7) is 7.86. The van der Waals surface area contributed by atoms with Crippen molar-refractivity contribution >= 4 is 0 Å². The molecular weight excluding hydrogens is 262 g/mol. The Labute approximate surface area is 128 Å². The summed E-state index contributed by atoms with van der Waals surface area (Å²) in [5, 5.41) is 12.5. The van der Waals surface area contributed by atoms with Crippen LogP contribution < -0.4 is 5.32 Å². The van der Waals surface area contributed by atoms with Crippen LogP contribution in [0.2, 0.25) is 0 Å². The van der Waals surface area contributed by atoms with Gasteiger partial charge in [0.25, 0.3) is 0 Å². The second kappa shape index (κ2) is 7.36. The maximum Gasteiger partial charge on any atom is 0.147 e. The van der Waals surface area contributed by atoms with E-state index in [1.54, 1.807) is 0 Å². The second-order valence-corrected chi connectivity index (χ2v) is 6.52. The van der Waals surface area contributed by atoms with E-state index >= 15 is 0 Å². The normalized spacial score (nSPS) is 21.9. The number of hydrogen-bond acceptors (Lipinski definition) is 4. The molecule has 0 spiro atoms. The van der Waals surface area contributed by atoms with Crippen LogP contribution in [0.1, 0.15) is 57.1 Å². The highest BCUT2D eigenvalue weighted by Gasteiger charge is 2.21. The largest absolute Gasteiger partial charge is 0.314 e. The van der Waals surface area contributed by atoms with E-state index in [0.29, 0.717) is 6.04 Å². The van der Waals surface area contributed by atoms with Crippen LogP contribution in [0, 0.1) is 0 Å². The number of rotatable bonds is 7. The molecule has 0 amide bonds. The fourth-order valence-corrected chi connectivity index (χ4v) is 3.53. The van der Waals surface area contributed by atoms with E-state index in [1.807, 2.05) is 0 Å². The fourth-order valence-electron chi connectivity index (χ4n) is 3.53. The molecule has 1 saturated heterocycles. The van der Waals surface area contributed by atoms with Gasteiger partial charge < -0.3 is 9.88 Å². The molecule has 1 unspecified atom stereocenters. The van der Waals surface area contributed by atoms with Crippen molar-refractivity contribution in [2.45, 2.75) is 71.0 Å². The predicted molar refractivity (Wildman–Crippen MR) is 84.2 cm³/mol. The first kappa shape index (κ1) is 15.0. The van der Waals surface area contributed by atoms with Crippen molar-refractivity contribution in [3.05, 3.63) is 11.6 Å². The van der Waals surface area contributed by atoms with E-state index < -0.39 is 0 Å². The van der Waals surface area contributed by atoms with E-state index in [1.165, 1.54) is 63.3 Å². The molecule has 1 atom stereocenters. The van der Waals surface area contributed by atoms with Crippen LogP contribution in [0.25, 0.3) is 0 Å². The van der Waals surface area contributed by atoms with Gasteiger partial charge in [-0.05, 0) is 45.2 Å². The summed E-state index contributed by atoms with van der Waals surface area (Å²) >= 11 is 0. The van der Waals surface area contributed by atoms with Crippen molar-refractivity contribution < 1.29 is 0 Å². The van der Waals surface area contributed by atoms with E-state index in [4.69, 9.17) is 0 Å². The van der Waals surface area contributed by atoms with Crippen LogP contribution >= 0.6 is 0 Å². The number of hydrogen-bond donors (Lipinski definition) is 1. The Kier molecular flexibility index (Phi) is 5.25. The van der Waals surface area contributed by atoms with Gasteiger partial charge in [0.1, 0.15) is 11.6 Å². The summed E-state index contributed by atoms with van der Waals surface area (Å²) in [4.78, 5) is 2.58. The summed E-state index contributed by atoms with van der Waals surface area (Å²) in [6.07, 6.45) is 8.82. The molecule has 3 rings (SSSR count). The minimum atomic E-state index is 0.672. The molecule has 1 N–H and O–H groups in total. The lowest BCUT2D eigenvalue weighted by molar-refractivity contribution is 0.228. The lowest BCUT2D eigenvalue weighted by Gasteiger charge is -2.26. The zero-order valence-electron chi connectivity index (χ0n) is 13.4. The van der Waals surface area contributed by atoms with Crippen LogP contribution in [0.4, 0.5) is 0 Å². The average Bonchev–Trinajstić information content (AvgIpc) is 3.15. The molecule has 5 heteroatoms. The third-order valence-electron chi connectivity index (χ3n) is 4.77. The van der Waals surface area contributed by atoms with Crippen molar-refractivity contribution in [2.75, 3.05) is 19.6 Å². The Bertz CT molecular complexity index is 436. The standard InChI is InChI=1S/C16H29N5/c1-2-3-10-20(12-14-7-6-9-17-14)13-16-19-18-15-8-4-5-11-21(15)16/h14,17H,2-13H2,1H3. The van der Waals surface area contributed by atoms with Crippen molar-refractivity contribution in [3.63, 3.8) is 0 Å². The van der Waals surface area contributed by atoms with E-state index in [9.17, 15) is 0 Å². The molecule has 1 fully saturated rings. The van der Waals surface area contributed by atoms with Crippen molar-refractivity contribution in [2.24, 2.45) is 0 Å². The third-order valence-corrected chi connectivity index (χ3v) is 4.77. The summed E-state index contributed by atoms with van der Waals surface area (Å²) in [5.41, 5.74) is 0. The molecule has 1 aromatic rings. The van der Waals surface area contributed by atoms with Gasteiger partial charge >= 0.3 is 0 Å². The summed E-state index contributed by atoms with van der Waals surface area (Å²) in [6, 6.07) is 0.672. The van der Waals surface area contributed by atoms with Crippen LogP contribution in [0.5, 0.6) is 0 Å². The number of fused-ring (bicyclic) bond motifs is 1. The Morgan fingerprint density at radius 1 is 1.29 bits per heavy atom. The maximum atomic E-state index is 4.47. The van der Waals surface area contributed by atoms with Gasteiger partial charge in [0.05, 0.1) is 6.54 Å². The lowest BCUT2D eigenvalue weighted by atomic mass is 10.1. The first-order valence-electron chi connectivity index (χ1n) is 8.73. The number of unbranched alkanes of at least 4 members (excludes halogenated alkanes) is 1. The lowest BCUT2D eigenvalue weighted by Crippen LogP contribution is -2.38. The minimum absolute atomic E-state index is 0.672. The molecule has 3 heterocycles. The van der Waals surface area contributed by atoms with Gasteiger partial charge in [-0.2, -0.15) is 0 Å².